The molecule has 3 nitrogen and oxygen atoms in total. The summed E-state index contributed by atoms with van der Waals surface area (Å²) in [6, 6.07) is 0. The third-order valence-electron chi connectivity index (χ3n) is 2.64. The SMILES string of the molecule is CN(CCC(C)(C)O)CC1CCCO1. The molecule has 1 atom stereocenters. The number of rotatable bonds is 5. The lowest BCUT2D eigenvalue weighted by Gasteiger charge is -2.24. The number of nitrogens with zero attached hydrogens (tertiary/aromatic N) is 1. The second-order valence-electron chi connectivity index (χ2n) is 4.96. The molecule has 1 saturated heterocycles. The van der Waals surface area contributed by atoms with E-state index in [-0.39, 0.29) is 0 Å². The van der Waals surface area contributed by atoms with Crippen LogP contribution in [0.25, 0.3) is 0 Å². The van der Waals surface area contributed by atoms with Crippen molar-refractivity contribution in [3.63, 3.8) is 0 Å². The maximum Gasteiger partial charge on any atom is 0.0702 e. The first-order valence-electron chi connectivity index (χ1n) is 5.50. The maximum atomic E-state index is 9.57. The first-order chi connectivity index (χ1) is 6.47. The van der Waals surface area contributed by atoms with Gasteiger partial charge in [0.1, 0.15) is 0 Å². The molecule has 1 rings (SSSR count). The second kappa shape index (κ2) is 5.10. The van der Waals surface area contributed by atoms with Crippen molar-refractivity contribution >= 4 is 0 Å². The Kier molecular flexibility index (Phi) is 4.35. The third-order valence-corrected chi connectivity index (χ3v) is 2.64. The van der Waals surface area contributed by atoms with Gasteiger partial charge < -0.3 is 14.7 Å². The fraction of sp³-hybridized carbons (Fsp3) is 1.00. The molecule has 0 radical (unpaired) electrons. The van der Waals surface area contributed by atoms with Gasteiger partial charge >= 0.3 is 0 Å². The molecule has 0 saturated carbocycles. The van der Waals surface area contributed by atoms with E-state index >= 15 is 0 Å². The molecule has 84 valence electrons. The number of ether oxygens (including phenoxy) is 1. The lowest BCUT2D eigenvalue weighted by molar-refractivity contribution is 0.0459. The van der Waals surface area contributed by atoms with Crippen molar-refractivity contribution in [2.45, 2.75) is 44.8 Å². The zero-order valence-corrected chi connectivity index (χ0v) is 9.62. The number of hydrogen-bond donors (Lipinski definition) is 1. The Balaban J connectivity index is 2.12. The van der Waals surface area contributed by atoms with Gasteiger partial charge in [-0.15, -0.1) is 0 Å². The average molecular weight is 201 g/mol. The van der Waals surface area contributed by atoms with E-state index in [1.807, 2.05) is 13.8 Å². The quantitative estimate of drug-likeness (QED) is 0.727. The fourth-order valence-electron chi connectivity index (χ4n) is 1.69. The van der Waals surface area contributed by atoms with Gasteiger partial charge in [-0.2, -0.15) is 0 Å². The van der Waals surface area contributed by atoms with E-state index in [0.29, 0.717) is 6.10 Å². The fourth-order valence-corrected chi connectivity index (χ4v) is 1.69. The van der Waals surface area contributed by atoms with E-state index in [0.717, 1.165) is 26.1 Å². The lowest BCUT2D eigenvalue weighted by atomic mass is 10.1. The molecule has 0 aromatic heterocycles. The second-order valence-corrected chi connectivity index (χ2v) is 4.96. The number of aliphatic hydroxyl groups is 1. The Morgan fingerprint density at radius 2 is 2.21 bits per heavy atom. The minimum Gasteiger partial charge on any atom is -0.390 e. The van der Waals surface area contributed by atoms with Crippen LogP contribution in [0.2, 0.25) is 0 Å². The molecule has 1 aliphatic rings. The highest BCUT2D eigenvalue weighted by molar-refractivity contribution is 4.71. The van der Waals surface area contributed by atoms with Crippen molar-refractivity contribution in [3.05, 3.63) is 0 Å². The van der Waals surface area contributed by atoms with Gasteiger partial charge in [0.25, 0.3) is 0 Å². The Bertz CT molecular complexity index is 159. The van der Waals surface area contributed by atoms with Crippen LogP contribution < -0.4 is 0 Å². The molecule has 0 aromatic rings. The van der Waals surface area contributed by atoms with Crippen molar-refractivity contribution in [1.82, 2.24) is 4.90 Å². The molecule has 1 aliphatic heterocycles. The summed E-state index contributed by atoms with van der Waals surface area (Å²) in [5.74, 6) is 0. The average Bonchev–Trinajstić information content (AvgIpc) is 2.52. The van der Waals surface area contributed by atoms with Crippen LogP contribution in [0.5, 0.6) is 0 Å². The van der Waals surface area contributed by atoms with Gasteiger partial charge in [-0.05, 0) is 40.2 Å². The summed E-state index contributed by atoms with van der Waals surface area (Å²) in [5.41, 5.74) is -0.551. The van der Waals surface area contributed by atoms with Gasteiger partial charge in [-0.25, -0.2) is 0 Å². The molecule has 1 heterocycles. The summed E-state index contributed by atoms with van der Waals surface area (Å²) < 4.78 is 5.55. The molecule has 14 heavy (non-hydrogen) atoms. The van der Waals surface area contributed by atoms with E-state index < -0.39 is 5.60 Å². The van der Waals surface area contributed by atoms with Crippen molar-refractivity contribution in [1.29, 1.82) is 0 Å². The number of hydrogen-bond acceptors (Lipinski definition) is 3. The first kappa shape index (κ1) is 12.0. The Morgan fingerprint density at radius 1 is 1.50 bits per heavy atom. The van der Waals surface area contributed by atoms with Crippen molar-refractivity contribution in [3.8, 4) is 0 Å². The van der Waals surface area contributed by atoms with Crippen LogP contribution in [0.4, 0.5) is 0 Å². The minimum absolute atomic E-state index is 0.418. The summed E-state index contributed by atoms with van der Waals surface area (Å²) >= 11 is 0. The Morgan fingerprint density at radius 3 is 2.71 bits per heavy atom. The molecule has 0 spiro atoms. The molecular weight excluding hydrogens is 178 g/mol. The van der Waals surface area contributed by atoms with Crippen molar-refractivity contribution in [2.75, 3.05) is 26.7 Å². The van der Waals surface area contributed by atoms with E-state index in [1.54, 1.807) is 0 Å². The molecular formula is C11H23NO2. The standard InChI is InChI=1S/C11H23NO2/c1-11(2,13)6-7-12(3)9-10-5-4-8-14-10/h10,13H,4-9H2,1-3H3. The van der Waals surface area contributed by atoms with E-state index in [9.17, 15) is 5.11 Å². The highest BCUT2D eigenvalue weighted by atomic mass is 16.5. The first-order valence-corrected chi connectivity index (χ1v) is 5.50. The Labute approximate surface area is 87.1 Å². The zero-order chi connectivity index (χ0) is 10.6. The monoisotopic (exact) mass is 201 g/mol. The van der Waals surface area contributed by atoms with Crippen LogP contribution in [-0.4, -0.2) is 48.5 Å². The highest BCUT2D eigenvalue weighted by Crippen LogP contribution is 2.14. The zero-order valence-electron chi connectivity index (χ0n) is 9.62. The molecule has 0 aliphatic carbocycles. The molecule has 0 aromatic carbocycles. The number of likely N-dealkylation sites (N-methyl/N-ethyl adjacent to an activating group) is 1. The molecule has 1 N–H and O–H groups in total. The van der Waals surface area contributed by atoms with Gasteiger partial charge in [-0.1, -0.05) is 0 Å². The van der Waals surface area contributed by atoms with Gasteiger partial charge in [0.05, 0.1) is 11.7 Å². The predicted molar refractivity (Wildman–Crippen MR) is 57.4 cm³/mol. The maximum absolute atomic E-state index is 9.57. The van der Waals surface area contributed by atoms with Crippen LogP contribution >= 0.6 is 0 Å². The molecule has 1 fully saturated rings. The molecule has 1 unspecified atom stereocenters. The topological polar surface area (TPSA) is 32.7 Å². The predicted octanol–water partition coefficient (Wildman–Crippen LogP) is 1.26. The largest absolute Gasteiger partial charge is 0.390 e. The summed E-state index contributed by atoms with van der Waals surface area (Å²) in [7, 11) is 2.09. The van der Waals surface area contributed by atoms with Gasteiger partial charge in [-0.3, -0.25) is 0 Å². The van der Waals surface area contributed by atoms with Crippen molar-refractivity contribution < 1.29 is 9.84 Å². The van der Waals surface area contributed by atoms with Crippen LogP contribution in [0, 0.1) is 0 Å². The highest BCUT2D eigenvalue weighted by Gasteiger charge is 2.19. The van der Waals surface area contributed by atoms with Gasteiger partial charge in [0.2, 0.25) is 0 Å². The van der Waals surface area contributed by atoms with Gasteiger partial charge in [0, 0.05) is 19.7 Å². The van der Waals surface area contributed by atoms with Crippen LogP contribution in [0.15, 0.2) is 0 Å². The molecule has 0 bridgehead atoms. The van der Waals surface area contributed by atoms with Crippen LogP contribution in [0.3, 0.4) is 0 Å². The van der Waals surface area contributed by atoms with E-state index in [4.69, 9.17) is 4.74 Å². The third kappa shape index (κ3) is 4.94. The summed E-state index contributed by atoms with van der Waals surface area (Å²) in [5, 5.41) is 9.57. The van der Waals surface area contributed by atoms with Crippen LogP contribution in [0.1, 0.15) is 33.1 Å². The van der Waals surface area contributed by atoms with E-state index in [2.05, 4.69) is 11.9 Å². The lowest BCUT2D eigenvalue weighted by Crippen LogP contribution is -2.33. The smallest absolute Gasteiger partial charge is 0.0702 e. The summed E-state index contributed by atoms with van der Waals surface area (Å²) in [6.07, 6.45) is 3.62. The Hall–Kier alpha value is -0.120. The molecule has 0 amide bonds. The van der Waals surface area contributed by atoms with Crippen LogP contribution in [-0.2, 0) is 4.74 Å². The van der Waals surface area contributed by atoms with Gasteiger partial charge in [0.15, 0.2) is 0 Å². The summed E-state index contributed by atoms with van der Waals surface area (Å²) in [4.78, 5) is 2.24. The normalized spacial score (nSPS) is 23.4. The van der Waals surface area contributed by atoms with E-state index in [1.165, 1.54) is 12.8 Å². The summed E-state index contributed by atoms with van der Waals surface area (Å²) in [6.45, 7) is 6.56. The van der Waals surface area contributed by atoms with Crippen molar-refractivity contribution in [2.24, 2.45) is 0 Å². The minimum atomic E-state index is -0.551. The molecule has 3 heteroatoms.